The van der Waals surface area contributed by atoms with Crippen molar-refractivity contribution >= 4 is 5.78 Å². The molecule has 0 aromatic carbocycles. The number of rotatable bonds is 2. The molecule has 0 amide bonds. The zero-order valence-corrected chi connectivity index (χ0v) is 11.7. The first-order chi connectivity index (χ1) is 8.51. The lowest BCUT2D eigenvalue weighted by molar-refractivity contribution is -0.125. The molecule has 2 aliphatic rings. The quantitative estimate of drug-likeness (QED) is 0.693. The summed E-state index contributed by atoms with van der Waals surface area (Å²) in [5.41, 5.74) is 0.567. The van der Waals surface area contributed by atoms with Gasteiger partial charge in [-0.05, 0) is 44.4 Å². The van der Waals surface area contributed by atoms with Crippen molar-refractivity contribution in [3.8, 4) is 6.07 Å². The Balaban J connectivity index is 2.31. The van der Waals surface area contributed by atoms with Gasteiger partial charge in [0.2, 0.25) is 0 Å². The average molecular weight is 245 g/mol. The Kier molecular flexibility index (Phi) is 3.61. The predicted molar refractivity (Wildman–Crippen MR) is 71.7 cm³/mol. The number of Topliss-reactive ketones (excluding diaryl/α,β-unsaturated/α-hetero) is 1. The minimum atomic E-state index is -0.700. The van der Waals surface area contributed by atoms with Crippen LogP contribution >= 0.6 is 0 Å². The van der Waals surface area contributed by atoms with E-state index in [1.807, 2.05) is 0 Å². The molecule has 0 radical (unpaired) electrons. The molecule has 2 nitrogen and oxygen atoms in total. The second-order valence-corrected chi connectivity index (χ2v) is 6.34. The van der Waals surface area contributed by atoms with Crippen molar-refractivity contribution in [1.29, 1.82) is 5.26 Å². The van der Waals surface area contributed by atoms with Crippen molar-refractivity contribution in [3.63, 3.8) is 0 Å². The number of ketones is 1. The van der Waals surface area contributed by atoms with Gasteiger partial charge in [0, 0.05) is 12.3 Å². The number of nitrogens with zero attached hydrogens (tertiary/aromatic N) is 1. The molecule has 3 atom stereocenters. The van der Waals surface area contributed by atoms with Gasteiger partial charge >= 0.3 is 0 Å². The maximum absolute atomic E-state index is 12.2. The van der Waals surface area contributed by atoms with Crippen LogP contribution in [0.5, 0.6) is 0 Å². The topological polar surface area (TPSA) is 40.9 Å². The number of allylic oxidation sites excluding steroid dienone is 2. The number of hydrogen-bond acceptors (Lipinski definition) is 2. The fraction of sp³-hybridized carbons (Fsp3) is 0.750. The van der Waals surface area contributed by atoms with Crippen LogP contribution in [0.25, 0.3) is 0 Å². The largest absolute Gasteiger partial charge is 0.298 e. The lowest BCUT2D eigenvalue weighted by atomic mass is 9.63. The summed E-state index contributed by atoms with van der Waals surface area (Å²) in [5.74, 6) is 1.60. The molecule has 2 rings (SSSR count). The number of carbonyl (C=O) groups excluding carboxylic acids is 1. The average Bonchev–Trinajstić information content (AvgIpc) is 2.71. The summed E-state index contributed by atoms with van der Waals surface area (Å²) in [5, 5.41) is 9.58. The third-order valence-electron chi connectivity index (χ3n) is 5.04. The van der Waals surface area contributed by atoms with Crippen LogP contribution in [0.3, 0.4) is 0 Å². The molecule has 0 spiro atoms. The molecular weight excluding hydrogens is 222 g/mol. The van der Waals surface area contributed by atoms with Crippen molar-refractivity contribution < 1.29 is 4.79 Å². The van der Waals surface area contributed by atoms with Crippen molar-refractivity contribution in [2.45, 2.75) is 52.9 Å². The Morgan fingerprint density at radius 2 is 2.22 bits per heavy atom. The highest BCUT2D eigenvalue weighted by Crippen LogP contribution is 2.49. The van der Waals surface area contributed by atoms with Crippen molar-refractivity contribution in [3.05, 3.63) is 11.6 Å². The van der Waals surface area contributed by atoms with Gasteiger partial charge in [-0.1, -0.05) is 25.5 Å². The molecule has 0 heterocycles. The van der Waals surface area contributed by atoms with E-state index in [1.165, 1.54) is 5.57 Å². The van der Waals surface area contributed by atoms with E-state index >= 15 is 0 Å². The Morgan fingerprint density at radius 1 is 1.50 bits per heavy atom. The Labute approximate surface area is 110 Å². The van der Waals surface area contributed by atoms with Crippen LogP contribution in [0.4, 0.5) is 0 Å². The van der Waals surface area contributed by atoms with Crippen LogP contribution in [-0.4, -0.2) is 5.78 Å². The summed E-state index contributed by atoms with van der Waals surface area (Å²) in [4.78, 5) is 12.2. The number of carbonyl (C=O) groups is 1. The summed E-state index contributed by atoms with van der Waals surface area (Å²) in [6, 6.07) is 2.40. The smallest absolute Gasteiger partial charge is 0.153 e. The number of hydrogen-bond donors (Lipinski definition) is 0. The summed E-state index contributed by atoms with van der Waals surface area (Å²) >= 11 is 0. The SMILES string of the molecule is CC1=CC[C@H](C(C)C)CC1[C@]1(C#N)CCCC1=O. The molecule has 1 unspecified atom stereocenters. The summed E-state index contributed by atoms with van der Waals surface area (Å²) < 4.78 is 0. The Morgan fingerprint density at radius 3 is 2.72 bits per heavy atom. The van der Waals surface area contributed by atoms with E-state index in [0.717, 1.165) is 25.7 Å². The third-order valence-corrected chi connectivity index (χ3v) is 5.04. The maximum Gasteiger partial charge on any atom is 0.153 e. The van der Waals surface area contributed by atoms with Gasteiger partial charge in [-0.25, -0.2) is 0 Å². The molecule has 0 aromatic rings. The molecule has 1 saturated carbocycles. The summed E-state index contributed by atoms with van der Waals surface area (Å²) in [7, 11) is 0. The molecule has 98 valence electrons. The van der Waals surface area contributed by atoms with Crippen LogP contribution in [0.15, 0.2) is 11.6 Å². The highest BCUT2D eigenvalue weighted by molar-refractivity contribution is 5.90. The molecular formula is C16H23NO. The zero-order chi connectivity index (χ0) is 13.3. The molecule has 2 heteroatoms. The van der Waals surface area contributed by atoms with Gasteiger partial charge in [-0.2, -0.15) is 5.26 Å². The molecule has 1 fully saturated rings. The molecule has 0 aliphatic heterocycles. The first-order valence-electron chi connectivity index (χ1n) is 7.12. The highest BCUT2D eigenvalue weighted by Gasteiger charge is 2.50. The van der Waals surface area contributed by atoms with Gasteiger partial charge in [0.25, 0.3) is 0 Å². The first kappa shape index (κ1) is 13.3. The van der Waals surface area contributed by atoms with Crippen molar-refractivity contribution in [2.24, 2.45) is 23.2 Å². The molecule has 0 aromatic heterocycles. The normalized spacial score (nSPS) is 36.6. The lowest BCUT2D eigenvalue weighted by Gasteiger charge is -2.38. The van der Waals surface area contributed by atoms with E-state index in [2.05, 4.69) is 32.9 Å². The van der Waals surface area contributed by atoms with E-state index in [1.54, 1.807) is 0 Å². The molecule has 0 N–H and O–H groups in total. The Hall–Kier alpha value is -1.10. The highest BCUT2D eigenvalue weighted by atomic mass is 16.1. The molecule has 18 heavy (non-hydrogen) atoms. The number of nitriles is 1. The standard InChI is InChI=1S/C16H23NO/c1-11(2)13-7-6-12(3)14(9-13)16(10-17)8-4-5-15(16)18/h6,11,13-14H,4-5,7-9H2,1-3H3/t13-,14?,16+/m0/s1. The van der Waals surface area contributed by atoms with E-state index < -0.39 is 5.41 Å². The zero-order valence-electron chi connectivity index (χ0n) is 11.7. The fourth-order valence-corrected chi connectivity index (χ4v) is 3.65. The Bertz CT molecular complexity index is 415. The van der Waals surface area contributed by atoms with Gasteiger partial charge in [-0.3, -0.25) is 4.79 Å². The molecule has 0 bridgehead atoms. The minimum Gasteiger partial charge on any atom is -0.298 e. The van der Waals surface area contributed by atoms with Gasteiger partial charge in [0.05, 0.1) is 6.07 Å². The maximum atomic E-state index is 12.2. The van der Waals surface area contributed by atoms with Crippen molar-refractivity contribution in [2.75, 3.05) is 0 Å². The molecule has 0 saturated heterocycles. The predicted octanol–water partition coefficient (Wildman–Crippen LogP) is 3.88. The van der Waals surface area contributed by atoms with Crippen molar-refractivity contribution in [1.82, 2.24) is 0 Å². The minimum absolute atomic E-state index is 0.165. The summed E-state index contributed by atoms with van der Waals surface area (Å²) in [6.07, 6.45) is 6.65. The van der Waals surface area contributed by atoms with E-state index in [9.17, 15) is 10.1 Å². The van der Waals surface area contributed by atoms with E-state index in [-0.39, 0.29) is 11.7 Å². The summed E-state index contributed by atoms with van der Waals surface area (Å²) in [6.45, 7) is 6.59. The van der Waals surface area contributed by atoms with Crippen LogP contribution in [-0.2, 0) is 4.79 Å². The molecule has 2 aliphatic carbocycles. The van der Waals surface area contributed by atoms with Crippen LogP contribution < -0.4 is 0 Å². The van der Waals surface area contributed by atoms with Gasteiger partial charge in [0.15, 0.2) is 5.78 Å². The second-order valence-electron chi connectivity index (χ2n) is 6.34. The van der Waals surface area contributed by atoms with Crippen LogP contribution in [0, 0.1) is 34.5 Å². The van der Waals surface area contributed by atoms with Crippen LogP contribution in [0.1, 0.15) is 52.9 Å². The first-order valence-corrected chi connectivity index (χ1v) is 7.12. The van der Waals surface area contributed by atoms with Crippen LogP contribution in [0.2, 0.25) is 0 Å². The lowest BCUT2D eigenvalue weighted by Crippen LogP contribution is -2.37. The second kappa shape index (κ2) is 4.88. The van der Waals surface area contributed by atoms with Gasteiger partial charge in [-0.15, -0.1) is 0 Å². The van der Waals surface area contributed by atoms with Gasteiger partial charge < -0.3 is 0 Å². The monoisotopic (exact) mass is 245 g/mol. The van der Waals surface area contributed by atoms with E-state index in [0.29, 0.717) is 18.3 Å². The van der Waals surface area contributed by atoms with E-state index in [4.69, 9.17) is 0 Å². The third kappa shape index (κ3) is 2.00. The fourth-order valence-electron chi connectivity index (χ4n) is 3.65. The van der Waals surface area contributed by atoms with Gasteiger partial charge in [0.1, 0.15) is 5.41 Å².